The summed E-state index contributed by atoms with van der Waals surface area (Å²) in [5, 5.41) is 15.5. The number of hydrogen-bond acceptors (Lipinski definition) is 2. The predicted molar refractivity (Wildman–Crippen MR) is 94.1 cm³/mol. The van der Waals surface area contributed by atoms with E-state index in [1.165, 1.54) is 0 Å². The van der Waals surface area contributed by atoms with Crippen molar-refractivity contribution in [2.24, 2.45) is 0 Å². The maximum atomic E-state index is 12.1. The van der Waals surface area contributed by atoms with Gasteiger partial charge in [-0.2, -0.15) is 0 Å². The molecule has 122 valence electrons. The number of amides is 2. The molecule has 2 aromatic carbocycles. The zero-order valence-corrected chi connectivity index (χ0v) is 13.8. The Balaban J connectivity index is 1.95. The van der Waals surface area contributed by atoms with Crippen LogP contribution in [0.4, 0.5) is 10.5 Å². The number of aliphatic hydroxyl groups excluding tert-OH is 1. The number of anilines is 1. The second kappa shape index (κ2) is 8.56. The quantitative estimate of drug-likeness (QED) is 0.750. The Morgan fingerprint density at radius 2 is 1.96 bits per heavy atom. The van der Waals surface area contributed by atoms with E-state index in [0.29, 0.717) is 23.7 Å². The molecule has 3 N–H and O–H groups in total. The number of benzene rings is 2. The van der Waals surface area contributed by atoms with Crippen LogP contribution in [-0.2, 0) is 0 Å². The van der Waals surface area contributed by atoms with E-state index in [2.05, 4.69) is 10.6 Å². The molecule has 23 heavy (non-hydrogen) atoms. The number of hydrogen-bond donors (Lipinski definition) is 3. The summed E-state index contributed by atoms with van der Waals surface area (Å²) < 4.78 is 0. The van der Waals surface area contributed by atoms with E-state index < -0.39 is 0 Å². The van der Waals surface area contributed by atoms with Crippen LogP contribution in [0.25, 0.3) is 0 Å². The lowest BCUT2D eigenvalue weighted by Gasteiger charge is -2.18. The van der Waals surface area contributed by atoms with E-state index in [0.717, 1.165) is 11.1 Å². The van der Waals surface area contributed by atoms with Crippen molar-refractivity contribution in [1.82, 2.24) is 5.32 Å². The maximum absolute atomic E-state index is 12.1. The van der Waals surface area contributed by atoms with Gasteiger partial charge < -0.3 is 15.7 Å². The van der Waals surface area contributed by atoms with Gasteiger partial charge in [0.15, 0.2) is 0 Å². The summed E-state index contributed by atoms with van der Waals surface area (Å²) in [6.07, 6.45) is 0.598. The van der Waals surface area contributed by atoms with Crippen molar-refractivity contribution >= 4 is 23.3 Å². The molecule has 0 aromatic heterocycles. The summed E-state index contributed by atoms with van der Waals surface area (Å²) >= 11 is 5.95. The highest BCUT2D eigenvalue weighted by molar-refractivity contribution is 6.31. The van der Waals surface area contributed by atoms with Crippen molar-refractivity contribution < 1.29 is 9.90 Å². The number of nitrogens with one attached hydrogen (secondary N) is 2. The van der Waals surface area contributed by atoms with Crippen molar-refractivity contribution in [3.05, 3.63) is 64.7 Å². The summed E-state index contributed by atoms with van der Waals surface area (Å²) in [6.45, 7) is 2.44. The first-order valence-electron chi connectivity index (χ1n) is 7.57. The van der Waals surface area contributed by atoms with Crippen molar-refractivity contribution in [3.8, 4) is 0 Å². The molecule has 2 rings (SSSR count). The fraction of sp³-hybridized carbons (Fsp3) is 0.278. The van der Waals surface area contributed by atoms with Gasteiger partial charge in [-0.05, 0) is 36.6 Å². The number of halogens is 1. The third-order valence-corrected chi connectivity index (χ3v) is 3.94. The predicted octanol–water partition coefficient (Wildman–Crippen LogP) is 3.94. The average molecular weight is 333 g/mol. The topological polar surface area (TPSA) is 61.4 Å². The van der Waals surface area contributed by atoms with Gasteiger partial charge in [0, 0.05) is 29.8 Å². The van der Waals surface area contributed by atoms with Gasteiger partial charge in [-0.25, -0.2) is 4.79 Å². The SMILES string of the molecule is Cc1ccc(Cl)cc1NC(=O)NCC(CCO)c1ccccc1. The summed E-state index contributed by atoms with van der Waals surface area (Å²) in [5.41, 5.74) is 2.73. The first kappa shape index (κ1) is 17.3. The lowest BCUT2D eigenvalue weighted by molar-refractivity contribution is 0.248. The van der Waals surface area contributed by atoms with Gasteiger partial charge in [0.25, 0.3) is 0 Å². The fourth-order valence-electron chi connectivity index (χ4n) is 2.38. The molecule has 0 saturated heterocycles. The summed E-state index contributed by atoms with van der Waals surface area (Å²) in [6, 6.07) is 14.9. The summed E-state index contributed by atoms with van der Waals surface area (Å²) in [5.74, 6) is 0.0763. The number of urea groups is 1. The van der Waals surface area contributed by atoms with Crippen LogP contribution in [0.1, 0.15) is 23.5 Å². The maximum Gasteiger partial charge on any atom is 0.319 e. The fourth-order valence-corrected chi connectivity index (χ4v) is 2.55. The molecule has 2 amide bonds. The highest BCUT2D eigenvalue weighted by Gasteiger charge is 2.13. The third-order valence-electron chi connectivity index (χ3n) is 3.71. The van der Waals surface area contributed by atoms with Crippen LogP contribution in [0.3, 0.4) is 0 Å². The second-order valence-electron chi connectivity index (χ2n) is 5.41. The highest BCUT2D eigenvalue weighted by Crippen LogP contribution is 2.21. The Morgan fingerprint density at radius 3 is 2.65 bits per heavy atom. The van der Waals surface area contributed by atoms with E-state index >= 15 is 0 Å². The Kier molecular flexibility index (Phi) is 6.44. The molecule has 4 nitrogen and oxygen atoms in total. The number of aliphatic hydroxyl groups is 1. The molecule has 1 atom stereocenters. The molecule has 1 unspecified atom stereocenters. The second-order valence-corrected chi connectivity index (χ2v) is 5.85. The van der Waals surface area contributed by atoms with E-state index in [1.807, 2.05) is 43.3 Å². The molecule has 0 spiro atoms. The number of carbonyl (C=O) groups is 1. The number of carbonyl (C=O) groups excluding carboxylic acids is 1. The molecule has 0 aliphatic rings. The molecule has 2 aromatic rings. The van der Waals surface area contributed by atoms with Crippen LogP contribution in [0.2, 0.25) is 5.02 Å². The van der Waals surface area contributed by atoms with Crippen LogP contribution in [0, 0.1) is 6.92 Å². The standard InChI is InChI=1S/C18H21ClN2O2/c1-13-7-8-16(19)11-17(13)21-18(23)20-12-15(9-10-22)14-5-3-2-4-6-14/h2-8,11,15,22H,9-10,12H2,1H3,(H2,20,21,23). The van der Waals surface area contributed by atoms with Crippen LogP contribution < -0.4 is 10.6 Å². The van der Waals surface area contributed by atoms with Crippen LogP contribution >= 0.6 is 11.6 Å². The van der Waals surface area contributed by atoms with Gasteiger partial charge >= 0.3 is 6.03 Å². The molecule has 0 fully saturated rings. The van der Waals surface area contributed by atoms with Crippen molar-refractivity contribution in [3.63, 3.8) is 0 Å². The monoisotopic (exact) mass is 332 g/mol. The zero-order valence-electron chi connectivity index (χ0n) is 13.1. The van der Waals surface area contributed by atoms with Gasteiger partial charge in [0.2, 0.25) is 0 Å². The average Bonchev–Trinajstić information content (AvgIpc) is 2.55. The van der Waals surface area contributed by atoms with Gasteiger partial charge in [-0.3, -0.25) is 0 Å². The van der Waals surface area contributed by atoms with Crippen molar-refractivity contribution in [2.45, 2.75) is 19.3 Å². The zero-order chi connectivity index (χ0) is 16.7. The normalized spacial score (nSPS) is 11.8. The minimum absolute atomic E-state index is 0.0763. The molecule has 0 aliphatic carbocycles. The Morgan fingerprint density at radius 1 is 1.22 bits per heavy atom. The smallest absolute Gasteiger partial charge is 0.319 e. The van der Waals surface area contributed by atoms with Crippen molar-refractivity contribution in [2.75, 3.05) is 18.5 Å². The lowest BCUT2D eigenvalue weighted by atomic mass is 9.96. The molecule has 0 aliphatic heterocycles. The van der Waals surface area contributed by atoms with Gasteiger partial charge in [0.05, 0.1) is 0 Å². The largest absolute Gasteiger partial charge is 0.396 e. The molecule has 5 heteroatoms. The summed E-state index contributed by atoms with van der Waals surface area (Å²) in [4.78, 5) is 12.1. The molecule has 0 heterocycles. The minimum Gasteiger partial charge on any atom is -0.396 e. The van der Waals surface area contributed by atoms with E-state index in [1.54, 1.807) is 12.1 Å². The Hall–Kier alpha value is -2.04. The lowest BCUT2D eigenvalue weighted by Crippen LogP contribution is -2.32. The van der Waals surface area contributed by atoms with E-state index in [4.69, 9.17) is 11.6 Å². The Labute approximate surface area is 141 Å². The number of aryl methyl sites for hydroxylation is 1. The third kappa shape index (κ3) is 5.27. The van der Waals surface area contributed by atoms with E-state index in [9.17, 15) is 9.90 Å². The van der Waals surface area contributed by atoms with Crippen LogP contribution in [0.15, 0.2) is 48.5 Å². The molecule has 0 saturated carbocycles. The summed E-state index contributed by atoms with van der Waals surface area (Å²) in [7, 11) is 0. The number of rotatable bonds is 6. The van der Waals surface area contributed by atoms with Gasteiger partial charge in [-0.15, -0.1) is 0 Å². The van der Waals surface area contributed by atoms with Crippen LogP contribution in [0.5, 0.6) is 0 Å². The van der Waals surface area contributed by atoms with Crippen LogP contribution in [-0.4, -0.2) is 24.3 Å². The van der Waals surface area contributed by atoms with E-state index in [-0.39, 0.29) is 18.6 Å². The first-order chi connectivity index (χ1) is 11.1. The Bertz CT molecular complexity index is 647. The van der Waals surface area contributed by atoms with Crippen molar-refractivity contribution in [1.29, 1.82) is 0 Å². The van der Waals surface area contributed by atoms with Gasteiger partial charge in [-0.1, -0.05) is 48.0 Å². The molecular weight excluding hydrogens is 312 g/mol. The highest BCUT2D eigenvalue weighted by atomic mass is 35.5. The molecule has 0 bridgehead atoms. The minimum atomic E-state index is -0.283. The van der Waals surface area contributed by atoms with Gasteiger partial charge in [0.1, 0.15) is 0 Å². The first-order valence-corrected chi connectivity index (χ1v) is 7.94. The molecular formula is C18H21ClN2O2. The molecule has 0 radical (unpaired) electrons.